The molecule has 0 fully saturated rings. The van der Waals surface area contributed by atoms with Crippen LogP contribution in [0.5, 0.6) is 0 Å². The Morgan fingerprint density at radius 1 is 1.50 bits per heavy atom. The molecule has 0 radical (unpaired) electrons. The minimum Gasteiger partial charge on any atom is -0.394 e. The van der Waals surface area contributed by atoms with E-state index in [0.29, 0.717) is 0 Å². The van der Waals surface area contributed by atoms with Gasteiger partial charge in [-0.25, -0.2) is 13.1 Å². The van der Waals surface area contributed by atoms with Crippen molar-refractivity contribution in [2.45, 2.75) is 11.0 Å². The molecule has 0 aliphatic heterocycles. The Morgan fingerprint density at radius 3 is 2.56 bits per heavy atom. The first-order chi connectivity index (χ1) is 7.36. The number of nitrogens with one attached hydrogen (secondary N) is 1. The molecule has 0 bridgehead atoms. The third-order valence-corrected chi connectivity index (χ3v) is 4.81. The number of aliphatic hydroxyl groups excluding tert-OH is 2. The van der Waals surface area contributed by atoms with Gasteiger partial charge in [0.15, 0.2) is 0 Å². The second kappa shape index (κ2) is 5.63. The van der Waals surface area contributed by atoms with Gasteiger partial charge in [0.2, 0.25) is 10.0 Å². The molecule has 9 heteroatoms. The number of hydrogen-bond donors (Lipinski definition) is 3. The van der Waals surface area contributed by atoms with Gasteiger partial charge in [-0.1, -0.05) is 23.2 Å². The maximum absolute atomic E-state index is 11.6. The Morgan fingerprint density at radius 2 is 2.12 bits per heavy atom. The number of rotatable bonds is 5. The van der Waals surface area contributed by atoms with E-state index in [1.807, 2.05) is 0 Å². The standard InChI is InChI=1S/C7H9Cl2NO4S2/c8-6-1-5(7(9)15-6)16(13,14)10-2-4(12)3-11/h1,4,10-12H,2-3H2. The zero-order chi connectivity index (χ0) is 12.3. The van der Waals surface area contributed by atoms with Crippen LogP contribution in [-0.4, -0.2) is 37.9 Å². The number of hydrogen-bond acceptors (Lipinski definition) is 5. The van der Waals surface area contributed by atoms with Crippen LogP contribution in [0.2, 0.25) is 8.67 Å². The molecule has 0 aromatic carbocycles. The van der Waals surface area contributed by atoms with Crippen molar-refractivity contribution in [2.24, 2.45) is 0 Å². The molecule has 3 N–H and O–H groups in total. The molecule has 0 saturated heterocycles. The van der Waals surface area contributed by atoms with Crippen molar-refractivity contribution < 1.29 is 18.6 Å². The summed E-state index contributed by atoms with van der Waals surface area (Å²) >= 11 is 12.2. The van der Waals surface area contributed by atoms with Crippen molar-refractivity contribution in [1.82, 2.24) is 4.72 Å². The molecule has 1 aromatic heterocycles. The van der Waals surface area contributed by atoms with E-state index in [0.717, 1.165) is 11.3 Å². The van der Waals surface area contributed by atoms with Gasteiger partial charge in [0.05, 0.1) is 17.0 Å². The van der Waals surface area contributed by atoms with Gasteiger partial charge in [0.25, 0.3) is 0 Å². The van der Waals surface area contributed by atoms with Crippen LogP contribution >= 0.6 is 34.5 Å². The predicted octanol–water partition coefficient (Wildman–Crippen LogP) is 0.686. The van der Waals surface area contributed by atoms with Crippen LogP contribution in [0.25, 0.3) is 0 Å². The highest BCUT2D eigenvalue weighted by molar-refractivity contribution is 7.89. The molecule has 1 aromatic rings. The Hall–Kier alpha value is 0.110. The lowest BCUT2D eigenvalue weighted by molar-refractivity contribution is 0.0988. The first-order valence-corrected chi connectivity index (χ1v) is 7.16. The lowest BCUT2D eigenvalue weighted by Crippen LogP contribution is -2.33. The Balaban J connectivity index is 2.82. The molecule has 16 heavy (non-hydrogen) atoms. The fourth-order valence-corrected chi connectivity index (χ4v) is 4.08. The summed E-state index contributed by atoms with van der Waals surface area (Å²) < 4.78 is 25.7. The summed E-state index contributed by atoms with van der Waals surface area (Å²) in [6, 6.07) is 1.22. The topological polar surface area (TPSA) is 86.6 Å². The number of aliphatic hydroxyl groups is 2. The van der Waals surface area contributed by atoms with E-state index in [1.54, 1.807) is 0 Å². The minimum atomic E-state index is -3.80. The van der Waals surface area contributed by atoms with Gasteiger partial charge in [0, 0.05) is 6.54 Å². The van der Waals surface area contributed by atoms with Crippen molar-refractivity contribution in [2.75, 3.05) is 13.2 Å². The highest BCUT2D eigenvalue weighted by atomic mass is 35.5. The molecular weight excluding hydrogens is 297 g/mol. The molecule has 5 nitrogen and oxygen atoms in total. The summed E-state index contributed by atoms with van der Waals surface area (Å²) in [5.74, 6) is 0. The van der Waals surface area contributed by atoms with Gasteiger partial charge in [-0.3, -0.25) is 0 Å². The molecule has 1 rings (SSSR count). The quantitative estimate of drug-likeness (QED) is 0.747. The van der Waals surface area contributed by atoms with E-state index in [1.165, 1.54) is 6.07 Å². The maximum Gasteiger partial charge on any atom is 0.243 e. The summed E-state index contributed by atoms with van der Waals surface area (Å²) in [5, 5.41) is 17.5. The lowest BCUT2D eigenvalue weighted by atomic mass is 10.4. The van der Waals surface area contributed by atoms with Gasteiger partial charge < -0.3 is 10.2 Å². The van der Waals surface area contributed by atoms with Crippen molar-refractivity contribution in [3.63, 3.8) is 0 Å². The van der Waals surface area contributed by atoms with Gasteiger partial charge in [-0.2, -0.15) is 0 Å². The van der Waals surface area contributed by atoms with Crippen LogP contribution in [0.3, 0.4) is 0 Å². The monoisotopic (exact) mass is 305 g/mol. The molecule has 1 heterocycles. The van der Waals surface area contributed by atoms with Crippen LogP contribution in [-0.2, 0) is 10.0 Å². The largest absolute Gasteiger partial charge is 0.394 e. The molecule has 0 aliphatic carbocycles. The molecule has 0 aliphatic rings. The first-order valence-electron chi connectivity index (χ1n) is 4.10. The van der Waals surface area contributed by atoms with Gasteiger partial charge in [-0.05, 0) is 6.07 Å². The zero-order valence-corrected chi connectivity index (χ0v) is 11.0. The molecule has 1 atom stereocenters. The van der Waals surface area contributed by atoms with E-state index >= 15 is 0 Å². The summed E-state index contributed by atoms with van der Waals surface area (Å²) in [6.45, 7) is -0.816. The van der Waals surface area contributed by atoms with Gasteiger partial charge >= 0.3 is 0 Å². The average Bonchev–Trinajstić information content (AvgIpc) is 2.55. The zero-order valence-electron chi connectivity index (χ0n) is 7.85. The van der Waals surface area contributed by atoms with Crippen molar-refractivity contribution in [3.8, 4) is 0 Å². The molecule has 0 spiro atoms. The fraction of sp³-hybridized carbons (Fsp3) is 0.429. The van der Waals surface area contributed by atoms with Crippen LogP contribution in [0.1, 0.15) is 0 Å². The third-order valence-electron chi connectivity index (χ3n) is 1.63. The van der Waals surface area contributed by atoms with Crippen molar-refractivity contribution in [3.05, 3.63) is 14.7 Å². The van der Waals surface area contributed by atoms with Crippen LogP contribution in [0.15, 0.2) is 11.0 Å². The summed E-state index contributed by atoms with van der Waals surface area (Å²) in [4.78, 5) is -0.130. The third kappa shape index (κ3) is 3.56. The van der Waals surface area contributed by atoms with Crippen LogP contribution in [0.4, 0.5) is 0 Å². The highest BCUT2D eigenvalue weighted by Crippen LogP contribution is 2.33. The Bertz CT molecular complexity index is 459. The number of halogens is 2. The van der Waals surface area contributed by atoms with E-state index in [-0.39, 0.29) is 20.1 Å². The normalized spacial score (nSPS) is 14.0. The molecule has 92 valence electrons. The molecular formula is C7H9Cl2NO4S2. The van der Waals surface area contributed by atoms with Crippen LogP contribution in [0, 0.1) is 0 Å². The first kappa shape index (κ1) is 14.2. The maximum atomic E-state index is 11.6. The Labute approximate surface area is 107 Å². The van der Waals surface area contributed by atoms with E-state index < -0.39 is 22.7 Å². The van der Waals surface area contributed by atoms with Crippen molar-refractivity contribution >= 4 is 44.6 Å². The van der Waals surface area contributed by atoms with Gasteiger partial charge in [-0.15, -0.1) is 11.3 Å². The smallest absolute Gasteiger partial charge is 0.243 e. The number of sulfonamides is 1. The molecule has 0 saturated carbocycles. The summed E-state index contributed by atoms with van der Waals surface area (Å²) in [5.41, 5.74) is 0. The average molecular weight is 306 g/mol. The lowest BCUT2D eigenvalue weighted by Gasteiger charge is -2.08. The van der Waals surface area contributed by atoms with E-state index in [9.17, 15) is 8.42 Å². The SMILES string of the molecule is O=S(=O)(NCC(O)CO)c1cc(Cl)sc1Cl. The Kier molecular flexibility index (Phi) is 4.99. The van der Waals surface area contributed by atoms with Crippen molar-refractivity contribution in [1.29, 1.82) is 0 Å². The number of thiophene rings is 1. The predicted molar refractivity (Wildman–Crippen MR) is 62.6 cm³/mol. The molecule has 0 amide bonds. The van der Waals surface area contributed by atoms with Gasteiger partial charge in [0.1, 0.15) is 9.23 Å². The second-order valence-corrected chi connectivity index (χ2v) is 6.90. The second-order valence-electron chi connectivity index (χ2n) is 2.88. The van der Waals surface area contributed by atoms with Crippen LogP contribution < -0.4 is 4.72 Å². The summed E-state index contributed by atoms with van der Waals surface area (Å²) in [6.07, 6.45) is -1.15. The van der Waals surface area contributed by atoms with E-state index in [4.69, 9.17) is 33.4 Å². The van der Waals surface area contributed by atoms with E-state index in [2.05, 4.69) is 4.72 Å². The minimum absolute atomic E-state index is 0.0518. The highest BCUT2D eigenvalue weighted by Gasteiger charge is 2.21. The fourth-order valence-electron chi connectivity index (χ4n) is 0.857. The summed E-state index contributed by atoms with van der Waals surface area (Å²) in [7, 11) is -3.80. The molecule has 1 unspecified atom stereocenters.